The van der Waals surface area contributed by atoms with Crippen molar-refractivity contribution in [2.24, 2.45) is 5.92 Å². The van der Waals surface area contributed by atoms with Gasteiger partial charge in [0.25, 0.3) is 5.91 Å². The number of rotatable bonds is 6. The summed E-state index contributed by atoms with van der Waals surface area (Å²) in [6.45, 7) is 4.68. The van der Waals surface area contributed by atoms with Crippen molar-refractivity contribution in [1.82, 2.24) is 4.90 Å². The molecular formula is C19H28ClNO3. The van der Waals surface area contributed by atoms with E-state index in [1.807, 2.05) is 11.9 Å². The maximum Gasteiger partial charge on any atom is 0.254 e. The number of benzene rings is 1. The van der Waals surface area contributed by atoms with E-state index in [9.17, 15) is 4.79 Å². The molecule has 0 saturated heterocycles. The summed E-state index contributed by atoms with van der Waals surface area (Å²) in [4.78, 5) is 14.7. The molecule has 1 aromatic carbocycles. The summed E-state index contributed by atoms with van der Waals surface area (Å²) in [5.74, 6) is 1.37. The first-order valence-corrected chi connectivity index (χ1v) is 9.09. The first kappa shape index (κ1) is 18.9. The van der Waals surface area contributed by atoms with Crippen molar-refractivity contribution in [2.75, 3.05) is 20.8 Å². The van der Waals surface area contributed by atoms with E-state index in [1.54, 1.807) is 19.2 Å². The summed E-state index contributed by atoms with van der Waals surface area (Å²) in [5.41, 5.74) is 0.543. The first-order valence-electron chi connectivity index (χ1n) is 8.71. The van der Waals surface area contributed by atoms with E-state index in [1.165, 1.54) is 19.3 Å². The van der Waals surface area contributed by atoms with Gasteiger partial charge in [0.1, 0.15) is 0 Å². The van der Waals surface area contributed by atoms with Crippen LogP contribution in [0.5, 0.6) is 11.5 Å². The van der Waals surface area contributed by atoms with Crippen LogP contribution >= 0.6 is 11.6 Å². The fourth-order valence-corrected chi connectivity index (χ4v) is 3.34. The van der Waals surface area contributed by atoms with E-state index >= 15 is 0 Å². The summed E-state index contributed by atoms with van der Waals surface area (Å²) in [6.07, 6.45) is 5.79. The maximum atomic E-state index is 12.8. The molecule has 2 rings (SSSR count). The second-order valence-electron chi connectivity index (χ2n) is 6.90. The van der Waals surface area contributed by atoms with Gasteiger partial charge in [-0.05, 0) is 30.9 Å². The van der Waals surface area contributed by atoms with Crippen LogP contribution in [0, 0.1) is 5.92 Å². The molecule has 1 aliphatic rings. The second kappa shape index (κ2) is 8.61. The summed E-state index contributed by atoms with van der Waals surface area (Å²) in [7, 11) is 3.44. The number of carbonyl (C=O) groups is 1. The molecule has 0 unspecified atom stereocenters. The fraction of sp³-hybridized carbons (Fsp3) is 0.632. The summed E-state index contributed by atoms with van der Waals surface area (Å²) >= 11 is 6.36. The Balaban J connectivity index is 2.20. The van der Waals surface area contributed by atoms with E-state index in [4.69, 9.17) is 21.1 Å². The van der Waals surface area contributed by atoms with Crippen LogP contribution in [0.15, 0.2) is 12.1 Å². The third-order valence-electron chi connectivity index (χ3n) is 4.48. The van der Waals surface area contributed by atoms with Gasteiger partial charge in [-0.15, -0.1) is 0 Å². The molecule has 1 aromatic rings. The molecule has 0 radical (unpaired) electrons. The summed E-state index contributed by atoms with van der Waals surface area (Å²) in [6, 6.07) is 3.72. The van der Waals surface area contributed by atoms with Gasteiger partial charge in [0.2, 0.25) is 0 Å². The third-order valence-corrected chi connectivity index (χ3v) is 4.76. The number of hydrogen-bond acceptors (Lipinski definition) is 3. The molecule has 0 spiro atoms. The van der Waals surface area contributed by atoms with Gasteiger partial charge >= 0.3 is 0 Å². The molecule has 1 aliphatic carbocycles. The van der Waals surface area contributed by atoms with Crippen molar-refractivity contribution in [2.45, 2.75) is 52.0 Å². The van der Waals surface area contributed by atoms with Crippen LogP contribution in [0.1, 0.15) is 56.3 Å². The van der Waals surface area contributed by atoms with E-state index in [0.29, 0.717) is 40.7 Å². The lowest BCUT2D eigenvalue weighted by Gasteiger charge is -2.31. The third kappa shape index (κ3) is 4.56. The molecule has 0 aliphatic heterocycles. The van der Waals surface area contributed by atoms with Crippen molar-refractivity contribution in [3.05, 3.63) is 22.7 Å². The van der Waals surface area contributed by atoms with E-state index < -0.39 is 0 Å². The lowest BCUT2D eigenvalue weighted by Crippen LogP contribution is -2.38. The zero-order chi connectivity index (χ0) is 17.7. The SMILES string of the molecule is COc1cc(C(=O)N(C)C2CCCCC2)cc(Cl)c1OCC(C)C. The highest BCUT2D eigenvalue weighted by Crippen LogP contribution is 2.37. The zero-order valence-corrected chi connectivity index (χ0v) is 15.9. The highest BCUT2D eigenvalue weighted by Gasteiger charge is 2.25. The van der Waals surface area contributed by atoms with Gasteiger partial charge < -0.3 is 14.4 Å². The Labute approximate surface area is 150 Å². The Kier molecular flexibility index (Phi) is 6.79. The largest absolute Gasteiger partial charge is 0.493 e. The van der Waals surface area contributed by atoms with Crippen LogP contribution < -0.4 is 9.47 Å². The average molecular weight is 354 g/mol. The van der Waals surface area contributed by atoms with Crippen molar-refractivity contribution in [3.63, 3.8) is 0 Å². The Morgan fingerprint density at radius 1 is 1.29 bits per heavy atom. The van der Waals surface area contributed by atoms with Gasteiger partial charge in [0.15, 0.2) is 11.5 Å². The predicted octanol–water partition coefficient (Wildman–Crippen LogP) is 4.79. The highest BCUT2D eigenvalue weighted by atomic mass is 35.5. The monoisotopic (exact) mass is 353 g/mol. The Hall–Kier alpha value is -1.42. The molecule has 0 N–H and O–H groups in total. The van der Waals surface area contributed by atoms with Crippen LogP contribution in [0.4, 0.5) is 0 Å². The van der Waals surface area contributed by atoms with Crippen molar-refractivity contribution in [3.8, 4) is 11.5 Å². The summed E-state index contributed by atoms with van der Waals surface area (Å²) in [5, 5.41) is 0.412. The van der Waals surface area contributed by atoms with E-state index in [0.717, 1.165) is 12.8 Å². The molecule has 0 heterocycles. The van der Waals surface area contributed by atoms with Crippen molar-refractivity contribution in [1.29, 1.82) is 0 Å². The van der Waals surface area contributed by atoms with Gasteiger partial charge in [-0.3, -0.25) is 4.79 Å². The van der Waals surface area contributed by atoms with Crippen LogP contribution in [0.3, 0.4) is 0 Å². The van der Waals surface area contributed by atoms with Crippen LogP contribution in [-0.4, -0.2) is 37.6 Å². The Morgan fingerprint density at radius 3 is 2.54 bits per heavy atom. The molecule has 4 nitrogen and oxygen atoms in total. The molecule has 134 valence electrons. The minimum absolute atomic E-state index is 0.0162. The number of methoxy groups -OCH3 is 1. The van der Waals surface area contributed by atoms with Gasteiger partial charge in [-0.25, -0.2) is 0 Å². The van der Waals surface area contributed by atoms with E-state index in [2.05, 4.69) is 13.8 Å². The molecule has 1 saturated carbocycles. The smallest absolute Gasteiger partial charge is 0.254 e. The number of hydrogen-bond donors (Lipinski definition) is 0. The average Bonchev–Trinajstić information content (AvgIpc) is 2.59. The Morgan fingerprint density at radius 2 is 1.96 bits per heavy atom. The maximum absolute atomic E-state index is 12.8. The number of carbonyl (C=O) groups excluding carboxylic acids is 1. The number of amides is 1. The molecule has 0 atom stereocenters. The second-order valence-corrected chi connectivity index (χ2v) is 7.31. The first-order chi connectivity index (χ1) is 11.4. The minimum atomic E-state index is -0.0162. The van der Waals surface area contributed by atoms with Crippen LogP contribution in [-0.2, 0) is 0 Å². The van der Waals surface area contributed by atoms with Crippen LogP contribution in [0.25, 0.3) is 0 Å². The highest BCUT2D eigenvalue weighted by molar-refractivity contribution is 6.32. The quantitative estimate of drug-likeness (QED) is 0.738. The standard InChI is InChI=1S/C19H28ClNO3/c1-13(2)12-24-18-16(20)10-14(11-17(18)23-4)19(22)21(3)15-8-6-5-7-9-15/h10-11,13,15H,5-9,12H2,1-4H3. The number of ether oxygens (including phenoxy) is 2. The van der Waals surface area contributed by atoms with Crippen molar-refractivity contribution >= 4 is 17.5 Å². The molecule has 5 heteroatoms. The van der Waals surface area contributed by atoms with Gasteiger partial charge in [0.05, 0.1) is 18.7 Å². The van der Waals surface area contributed by atoms with E-state index in [-0.39, 0.29) is 5.91 Å². The molecular weight excluding hydrogens is 326 g/mol. The predicted molar refractivity (Wildman–Crippen MR) is 97.3 cm³/mol. The lowest BCUT2D eigenvalue weighted by molar-refractivity contribution is 0.0696. The van der Waals surface area contributed by atoms with Gasteiger partial charge in [0, 0.05) is 18.7 Å². The topological polar surface area (TPSA) is 38.8 Å². The Bertz CT molecular complexity index is 568. The number of nitrogens with zero attached hydrogens (tertiary/aromatic N) is 1. The minimum Gasteiger partial charge on any atom is -0.493 e. The van der Waals surface area contributed by atoms with Gasteiger partial charge in [-0.2, -0.15) is 0 Å². The summed E-state index contributed by atoms with van der Waals surface area (Å²) < 4.78 is 11.1. The normalized spacial score (nSPS) is 15.4. The molecule has 0 bridgehead atoms. The van der Waals surface area contributed by atoms with Gasteiger partial charge in [-0.1, -0.05) is 44.7 Å². The molecule has 1 amide bonds. The molecule has 0 aromatic heterocycles. The molecule has 24 heavy (non-hydrogen) atoms. The van der Waals surface area contributed by atoms with Crippen molar-refractivity contribution < 1.29 is 14.3 Å². The zero-order valence-electron chi connectivity index (χ0n) is 15.1. The number of halogens is 1. The fourth-order valence-electron chi connectivity index (χ4n) is 3.07. The van der Waals surface area contributed by atoms with Crippen LogP contribution in [0.2, 0.25) is 5.02 Å². The molecule has 1 fully saturated rings. The lowest BCUT2D eigenvalue weighted by atomic mass is 9.94.